The van der Waals surface area contributed by atoms with Crippen LogP contribution >= 0.6 is 0 Å². The first-order valence-corrected chi connectivity index (χ1v) is 12.6. The molecule has 13 heteroatoms. The van der Waals surface area contributed by atoms with E-state index < -0.39 is 48.3 Å². The zero-order valence-electron chi connectivity index (χ0n) is 23.4. The number of aliphatic hydroxyl groups is 4. The molecule has 232 valence electrons. The van der Waals surface area contributed by atoms with Crippen LogP contribution in [0, 0.1) is 0 Å². The maximum Gasteiger partial charge on any atom is 4.00 e. The number of hydrogen-bond donors (Lipinski definition) is 4. The number of aliphatic carboxylic acids is 4. The van der Waals surface area contributed by atoms with Gasteiger partial charge in [0.25, 0.3) is 0 Å². The van der Waals surface area contributed by atoms with E-state index in [4.69, 9.17) is 20.4 Å². The van der Waals surface area contributed by atoms with Gasteiger partial charge in [0.2, 0.25) is 0 Å². The third-order valence-corrected chi connectivity index (χ3v) is 5.35. The van der Waals surface area contributed by atoms with Gasteiger partial charge in [0.05, 0.1) is 23.9 Å². The maximum absolute atomic E-state index is 10.1. The Hall–Kier alpha value is -4.52. The predicted octanol–water partition coefficient (Wildman–Crippen LogP) is -2.12. The minimum absolute atomic E-state index is 0. The summed E-state index contributed by atoms with van der Waals surface area (Å²) < 4.78 is 0. The maximum atomic E-state index is 10.1. The number of carboxylic acid groups (broad SMARTS) is 4. The quantitative estimate of drug-likeness (QED) is 0.155. The molecule has 4 N–H and O–H groups in total. The van der Waals surface area contributed by atoms with Crippen LogP contribution in [0.5, 0.6) is 0 Å². The van der Waals surface area contributed by atoms with Gasteiger partial charge in [0.1, 0.15) is 24.4 Å². The molecule has 4 atom stereocenters. The summed E-state index contributed by atoms with van der Waals surface area (Å²) in [5.74, 6) is -5.90. The fourth-order valence-corrected chi connectivity index (χ4v) is 3.09. The van der Waals surface area contributed by atoms with Crippen LogP contribution in [0.4, 0.5) is 0 Å². The molecule has 0 radical (unpaired) electrons. The average Bonchev–Trinajstić information content (AvgIpc) is 3.05. The third-order valence-electron chi connectivity index (χ3n) is 5.35. The zero-order chi connectivity index (χ0) is 33.1. The van der Waals surface area contributed by atoms with Gasteiger partial charge in [-0.1, -0.05) is 121 Å². The first kappa shape index (κ1) is 40.5. The normalized spacial score (nSPS) is 12.2. The Labute approximate surface area is 277 Å². The minimum atomic E-state index is -1.52. The van der Waals surface area contributed by atoms with Crippen LogP contribution < -0.4 is 20.4 Å². The third kappa shape index (κ3) is 15.7. The fraction of sp³-hybridized carbons (Fsp3) is 0.125. The van der Waals surface area contributed by atoms with Crippen molar-refractivity contribution < 1.29 is 86.2 Å². The molecule has 4 aromatic carbocycles. The Bertz CT molecular complexity index is 1200. The summed E-state index contributed by atoms with van der Waals surface area (Å²) in [6.07, 6.45) is -6.07. The summed E-state index contributed by atoms with van der Waals surface area (Å²) >= 11 is 0. The largest absolute Gasteiger partial charge is 4.00 e. The number of carbonyl (C=O) groups is 4. The van der Waals surface area contributed by atoms with Crippen molar-refractivity contribution in [2.45, 2.75) is 24.4 Å². The molecule has 0 saturated carbocycles. The monoisotopic (exact) mass is 694 g/mol. The van der Waals surface area contributed by atoms with Gasteiger partial charge in [-0.25, -0.2) is 0 Å². The van der Waals surface area contributed by atoms with Crippen LogP contribution in [-0.4, -0.2) is 44.3 Å². The Morgan fingerprint density at radius 2 is 0.489 bits per heavy atom. The van der Waals surface area contributed by atoms with Gasteiger partial charge >= 0.3 is 26.2 Å². The van der Waals surface area contributed by atoms with E-state index in [0.29, 0.717) is 22.3 Å². The van der Waals surface area contributed by atoms with Gasteiger partial charge in [0, 0.05) is 0 Å². The second-order valence-corrected chi connectivity index (χ2v) is 8.53. The Kier molecular flexibility index (Phi) is 19.8. The van der Waals surface area contributed by atoms with Gasteiger partial charge in [-0.3, -0.25) is 0 Å². The van der Waals surface area contributed by atoms with Crippen molar-refractivity contribution in [1.82, 2.24) is 0 Å². The summed E-state index contributed by atoms with van der Waals surface area (Å²) in [5, 5.41) is 76.3. The molecule has 0 amide bonds. The standard InChI is InChI=1S/4C8H8O3.Zr/c4*9-7(8(10)11)6-4-2-1-3-5-6;/h4*1-5,7,9H,(H,10,11);/q;;;;+4/p-4/t4*7-;/m1111./s1. The van der Waals surface area contributed by atoms with Crippen molar-refractivity contribution in [3.05, 3.63) is 144 Å². The van der Waals surface area contributed by atoms with Crippen LogP contribution in [0.25, 0.3) is 0 Å². The first-order valence-electron chi connectivity index (χ1n) is 12.6. The molecule has 0 aromatic heterocycles. The zero-order valence-corrected chi connectivity index (χ0v) is 25.9. The number of rotatable bonds is 8. The summed E-state index contributed by atoms with van der Waals surface area (Å²) in [7, 11) is 0. The number of benzene rings is 4. The number of carboxylic acids is 4. The molecule has 45 heavy (non-hydrogen) atoms. The molecule has 0 aliphatic carbocycles. The molecule has 0 aliphatic heterocycles. The molecule has 0 saturated heterocycles. The predicted molar refractivity (Wildman–Crippen MR) is 146 cm³/mol. The van der Waals surface area contributed by atoms with Gasteiger partial charge in [0.15, 0.2) is 0 Å². The molecule has 4 rings (SSSR count). The summed E-state index contributed by atoms with van der Waals surface area (Å²) in [5.41, 5.74) is 1.36. The second-order valence-electron chi connectivity index (χ2n) is 8.53. The van der Waals surface area contributed by atoms with Crippen molar-refractivity contribution in [1.29, 1.82) is 0 Å². The molecule has 0 aliphatic rings. The second kappa shape index (κ2) is 22.1. The Morgan fingerprint density at radius 3 is 0.600 bits per heavy atom. The summed E-state index contributed by atoms with van der Waals surface area (Å²) in [6, 6.07) is 32.4. The summed E-state index contributed by atoms with van der Waals surface area (Å²) in [4.78, 5) is 40.6. The Balaban J connectivity index is 0.000000569. The molecular formula is C32H28O12Zr. The van der Waals surface area contributed by atoms with Crippen LogP contribution in [0.1, 0.15) is 46.7 Å². The van der Waals surface area contributed by atoms with Crippen LogP contribution in [0.3, 0.4) is 0 Å². The van der Waals surface area contributed by atoms with Gasteiger partial charge in [-0.05, 0) is 22.3 Å². The van der Waals surface area contributed by atoms with Crippen molar-refractivity contribution >= 4 is 23.9 Å². The number of carbonyl (C=O) groups excluding carboxylic acids is 4. The van der Waals surface area contributed by atoms with Crippen molar-refractivity contribution in [2.24, 2.45) is 0 Å². The van der Waals surface area contributed by atoms with Gasteiger partial charge < -0.3 is 60.0 Å². The molecule has 4 aromatic rings. The average molecular weight is 696 g/mol. The van der Waals surface area contributed by atoms with E-state index in [9.17, 15) is 39.6 Å². The van der Waals surface area contributed by atoms with Crippen molar-refractivity contribution in [2.75, 3.05) is 0 Å². The number of hydrogen-bond acceptors (Lipinski definition) is 12. The fourth-order valence-electron chi connectivity index (χ4n) is 3.09. The van der Waals surface area contributed by atoms with E-state index in [1.165, 1.54) is 48.5 Å². The topological polar surface area (TPSA) is 241 Å². The molecule has 0 bridgehead atoms. The van der Waals surface area contributed by atoms with Crippen LogP contribution in [0.15, 0.2) is 121 Å². The SMILES string of the molecule is O=C([O-])[C@H](O)c1ccccc1.O=C([O-])[C@H](O)c1ccccc1.O=C([O-])[C@H](O)c1ccccc1.O=C([O-])[C@H](O)c1ccccc1.[Zr+4]. The van der Waals surface area contributed by atoms with Crippen LogP contribution in [0.2, 0.25) is 0 Å². The summed E-state index contributed by atoms with van der Waals surface area (Å²) in [6.45, 7) is 0. The Morgan fingerprint density at radius 1 is 0.356 bits per heavy atom. The van der Waals surface area contributed by atoms with E-state index >= 15 is 0 Å². The van der Waals surface area contributed by atoms with Crippen molar-refractivity contribution in [3.63, 3.8) is 0 Å². The van der Waals surface area contributed by atoms with Gasteiger partial charge in [-0.2, -0.15) is 0 Å². The molecule has 0 spiro atoms. The molecule has 0 heterocycles. The molecular weight excluding hydrogens is 668 g/mol. The molecule has 0 unspecified atom stereocenters. The number of aliphatic hydroxyl groups excluding tert-OH is 4. The van der Waals surface area contributed by atoms with Crippen LogP contribution in [-0.2, 0) is 45.4 Å². The van der Waals surface area contributed by atoms with E-state index in [-0.39, 0.29) is 26.2 Å². The van der Waals surface area contributed by atoms with E-state index in [1.54, 1.807) is 72.8 Å². The molecule has 0 fully saturated rings. The van der Waals surface area contributed by atoms with Crippen molar-refractivity contribution in [3.8, 4) is 0 Å². The van der Waals surface area contributed by atoms with E-state index in [2.05, 4.69) is 0 Å². The minimum Gasteiger partial charge on any atom is -0.547 e. The van der Waals surface area contributed by atoms with Gasteiger partial charge in [-0.15, -0.1) is 0 Å². The van der Waals surface area contributed by atoms with E-state index in [1.807, 2.05) is 0 Å². The first-order chi connectivity index (χ1) is 20.9. The van der Waals surface area contributed by atoms with E-state index in [0.717, 1.165) is 0 Å². The molecule has 12 nitrogen and oxygen atoms in total. The smallest absolute Gasteiger partial charge is 0.547 e.